The molecule has 0 aliphatic heterocycles. The Balaban J connectivity index is 1.92. The van der Waals surface area contributed by atoms with E-state index in [-0.39, 0.29) is 11.8 Å². The van der Waals surface area contributed by atoms with Crippen molar-refractivity contribution in [2.75, 3.05) is 12.4 Å². The zero-order chi connectivity index (χ0) is 15.4. The van der Waals surface area contributed by atoms with Crippen molar-refractivity contribution in [2.24, 2.45) is 5.92 Å². The normalized spacial score (nSPS) is 20.9. The number of rotatable bonds is 4. The highest BCUT2D eigenvalue weighted by atomic mass is 19.1. The third-order valence-electron chi connectivity index (χ3n) is 3.53. The van der Waals surface area contributed by atoms with E-state index in [4.69, 9.17) is 9.84 Å². The highest BCUT2D eigenvalue weighted by Crippen LogP contribution is 2.27. The van der Waals surface area contributed by atoms with Crippen LogP contribution in [-0.2, 0) is 4.79 Å². The number of carboxylic acid groups (broad SMARTS) is 1. The van der Waals surface area contributed by atoms with Crippen LogP contribution in [0.3, 0.4) is 0 Å². The van der Waals surface area contributed by atoms with Crippen LogP contribution in [0.1, 0.15) is 19.3 Å². The first-order chi connectivity index (χ1) is 9.99. The van der Waals surface area contributed by atoms with E-state index < -0.39 is 23.7 Å². The van der Waals surface area contributed by atoms with Gasteiger partial charge in [0.2, 0.25) is 0 Å². The molecular weight excluding hydrogens is 279 g/mol. The molecule has 1 aliphatic rings. The number of benzene rings is 1. The summed E-state index contributed by atoms with van der Waals surface area (Å²) in [6.45, 7) is 0. The second-order valence-corrected chi connectivity index (χ2v) is 4.99. The number of aliphatic carboxylic acids is 1. The average molecular weight is 296 g/mol. The Morgan fingerprint density at radius 3 is 2.76 bits per heavy atom. The van der Waals surface area contributed by atoms with Crippen molar-refractivity contribution < 1.29 is 23.8 Å². The molecule has 114 valence electrons. The van der Waals surface area contributed by atoms with Gasteiger partial charge in [0.15, 0.2) is 0 Å². The first-order valence-electron chi connectivity index (χ1n) is 6.63. The van der Waals surface area contributed by atoms with Crippen molar-refractivity contribution in [3.8, 4) is 5.75 Å². The molecule has 2 atom stereocenters. The number of amides is 2. The van der Waals surface area contributed by atoms with Crippen LogP contribution in [-0.4, -0.2) is 30.3 Å². The van der Waals surface area contributed by atoms with Gasteiger partial charge in [-0.15, -0.1) is 0 Å². The largest absolute Gasteiger partial charge is 0.494 e. The monoisotopic (exact) mass is 296 g/mol. The molecule has 3 N–H and O–H groups in total. The second kappa shape index (κ2) is 6.43. The molecule has 1 aromatic carbocycles. The Labute approximate surface area is 121 Å². The summed E-state index contributed by atoms with van der Waals surface area (Å²) in [5, 5.41) is 14.2. The molecule has 7 heteroatoms. The predicted octanol–water partition coefficient (Wildman–Crippen LogP) is 2.21. The summed E-state index contributed by atoms with van der Waals surface area (Å²) in [4.78, 5) is 22.7. The smallest absolute Gasteiger partial charge is 0.319 e. The SMILES string of the molecule is COc1cc(F)ccc1NC(=O)NC1CCC(C(=O)O)C1. The quantitative estimate of drug-likeness (QED) is 0.795. The van der Waals surface area contributed by atoms with E-state index in [9.17, 15) is 14.0 Å². The highest BCUT2D eigenvalue weighted by Gasteiger charge is 2.30. The number of carbonyl (C=O) groups is 2. The van der Waals surface area contributed by atoms with Gasteiger partial charge in [-0.1, -0.05) is 0 Å². The number of nitrogens with one attached hydrogen (secondary N) is 2. The molecule has 0 spiro atoms. The zero-order valence-corrected chi connectivity index (χ0v) is 11.6. The number of anilines is 1. The molecule has 1 fully saturated rings. The molecule has 0 radical (unpaired) electrons. The van der Waals surface area contributed by atoms with Gasteiger partial charge in [-0.3, -0.25) is 4.79 Å². The van der Waals surface area contributed by atoms with Gasteiger partial charge in [0.1, 0.15) is 11.6 Å². The minimum atomic E-state index is -0.833. The summed E-state index contributed by atoms with van der Waals surface area (Å²) in [7, 11) is 1.38. The van der Waals surface area contributed by atoms with E-state index >= 15 is 0 Å². The Morgan fingerprint density at radius 1 is 1.38 bits per heavy atom. The topological polar surface area (TPSA) is 87.7 Å². The van der Waals surface area contributed by atoms with Crippen LogP contribution < -0.4 is 15.4 Å². The van der Waals surface area contributed by atoms with Gasteiger partial charge >= 0.3 is 12.0 Å². The number of halogens is 1. The van der Waals surface area contributed by atoms with E-state index in [0.717, 1.165) is 0 Å². The van der Waals surface area contributed by atoms with Gasteiger partial charge < -0.3 is 20.5 Å². The molecule has 1 saturated carbocycles. The average Bonchev–Trinajstić information content (AvgIpc) is 2.89. The summed E-state index contributed by atoms with van der Waals surface area (Å²) >= 11 is 0. The van der Waals surface area contributed by atoms with Crippen LogP contribution in [0.25, 0.3) is 0 Å². The Bertz CT molecular complexity index is 550. The maximum Gasteiger partial charge on any atom is 0.319 e. The summed E-state index contributed by atoms with van der Waals surface area (Å²) in [5.74, 6) is -1.48. The summed E-state index contributed by atoms with van der Waals surface area (Å²) < 4.78 is 18.0. The van der Waals surface area contributed by atoms with Crippen LogP contribution in [0.2, 0.25) is 0 Å². The summed E-state index contributed by atoms with van der Waals surface area (Å²) in [6.07, 6.45) is 1.61. The minimum Gasteiger partial charge on any atom is -0.494 e. The molecule has 0 saturated heterocycles. The van der Waals surface area contributed by atoms with Gasteiger partial charge in [0.25, 0.3) is 0 Å². The van der Waals surface area contributed by atoms with Crippen LogP contribution in [0, 0.1) is 11.7 Å². The Hall–Kier alpha value is -2.31. The molecular formula is C14H17FN2O4. The fourth-order valence-electron chi connectivity index (χ4n) is 2.45. The lowest BCUT2D eigenvalue weighted by Gasteiger charge is -2.15. The molecule has 2 amide bonds. The van der Waals surface area contributed by atoms with E-state index in [1.54, 1.807) is 0 Å². The van der Waals surface area contributed by atoms with Crippen molar-refractivity contribution in [2.45, 2.75) is 25.3 Å². The van der Waals surface area contributed by atoms with E-state index in [2.05, 4.69) is 10.6 Å². The fourth-order valence-corrected chi connectivity index (χ4v) is 2.45. The number of urea groups is 1. The van der Waals surface area contributed by atoms with Crippen LogP contribution in [0.4, 0.5) is 14.9 Å². The first-order valence-corrected chi connectivity index (χ1v) is 6.63. The molecule has 1 aromatic rings. The number of methoxy groups -OCH3 is 1. The van der Waals surface area contributed by atoms with Gasteiger partial charge in [-0.05, 0) is 31.4 Å². The van der Waals surface area contributed by atoms with Gasteiger partial charge in [0, 0.05) is 12.1 Å². The third-order valence-corrected chi connectivity index (χ3v) is 3.53. The zero-order valence-electron chi connectivity index (χ0n) is 11.6. The first kappa shape index (κ1) is 15.1. The Morgan fingerprint density at radius 2 is 2.14 bits per heavy atom. The number of hydrogen-bond acceptors (Lipinski definition) is 3. The Kier molecular flexibility index (Phi) is 4.62. The van der Waals surface area contributed by atoms with Crippen LogP contribution in [0.15, 0.2) is 18.2 Å². The molecule has 0 heterocycles. The van der Waals surface area contributed by atoms with Crippen molar-refractivity contribution in [1.82, 2.24) is 5.32 Å². The molecule has 6 nitrogen and oxygen atoms in total. The highest BCUT2D eigenvalue weighted by molar-refractivity contribution is 5.91. The second-order valence-electron chi connectivity index (χ2n) is 4.99. The molecule has 0 aromatic heterocycles. The van der Waals surface area contributed by atoms with Crippen molar-refractivity contribution >= 4 is 17.7 Å². The standard InChI is InChI=1S/C14H17FN2O4/c1-21-12-7-9(15)3-5-11(12)17-14(20)16-10-4-2-8(6-10)13(18)19/h3,5,7-8,10H,2,4,6H2,1H3,(H,18,19)(H2,16,17,20). The fraction of sp³-hybridized carbons (Fsp3) is 0.429. The van der Waals surface area contributed by atoms with Gasteiger partial charge in [0.05, 0.1) is 18.7 Å². The lowest BCUT2D eigenvalue weighted by atomic mass is 10.1. The van der Waals surface area contributed by atoms with Crippen molar-refractivity contribution in [1.29, 1.82) is 0 Å². The van der Waals surface area contributed by atoms with Crippen LogP contribution >= 0.6 is 0 Å². The molecule has 21 heavy (non-hydrogen) atoms. The lowest BCUT2D eigenvalue weighted by molar-refractivity contribution is -0.141. The predicted molar refractivity (Wildman–Crippen MR) is 73.9 cm³/mol. The number of ether oxygens (including phenoxy) is 1. The van der Waals surface area contributed by atoms with Gasteiger partial charge in [-0.25, -0.2) is 9.18 Å². The van der Waals surface area contributed by atoms with Gasteiger partial charge in [-0.2, -0.15) is 0 Å². The lowest BCUT2D eigenvalue weighted by Crippen LogP contribution is -2.36. The third kappa shape index (κ3) is 3.84. The van der Waals surface area contributed by atoms with Crippen molar-refractivity contribution in [3.63, 3.8) is 0 Å². The van der Waals surface area contributed by atoms with E-state index in [1.807, 2.05) is 0 Å². The number of carboxylic acids is 1. The maximum atomic E-state index is 13.1. The summed E-state index contributed by atoms with van der Waals surface area (Å²) in [5.41, 5.74) is 0.351. The maximum absolute atomic E-state index is 13.1. The molecule has 2 unspecified atom stereocenters. The van der Waals surface area contributed by atoms with Crippen molar-refractivity contribution in [3.05, 3.63) is 24.0 Å². The number of carbonyl (C=O) groups excluding carboxylic acids is 1. The minimum absolute atomic E-state index is 0.169. The van der Waals surface area contributed by atoms with Crippen LogP contribution in [0.5, 0.6) is 5.75 Å². The molecule has 0 bridgehead atoms. The molecule has 1 aliphatic carbocycles. The summed E-state index contributed by atoms with van der Waals surface area (Å²) in [6, 6.07) is 3.16. The van der Waals surface area contributed by atoms with E-state index in [1.165, 1.54) is 25.3 Å². The molecule has 2 rings (SSSR count). The van der Waals surface area contributed by atoms with E-state index in [0.29, 0.717) is 24.9 Å². The number of hydrogen-bond donors (Lipinski definition) is 3.